The van der Waals surface area contributed by atoms with Gasteiger partial charge in [-0.05, 0) is 17.7 Å². The van der Waals surface area contributed by atoms with Gasteiger partial charge in [0, 0.05) is 19.5 Å². The van der Waals surface area contributed by atoms with Gasteiger partial charge in [-0.1, -0.05) is 12.1 Å². The molecule has 1 fully saturated rings. The summed E-state index contributed by atoms with van der Waals surface area (Å²) < 4.78 is 5.05. The molecular weight excluding hydrogens is 305 g/mol. The molecule has 1 unspecified atom stereocenters. The average molecular weight is 322 g/mol. The molecule has 1 saturated heterocycles. The van der Waals surface area contributed by atoms with Crippen LogP contribution < -0.4 is 4.74 Å². The van der Waals surface area contributed by atoms with Crippen LogP contribution in [0, 0.1) is 5.92 Å². The standard InChI is InChI=1S/C13H15NO4.2ClH/c1-18-11-4-2-9(3-5-11)7-14-8-10(13(16)17)6-12(14)15;;/h2-5,10H,6-8H2,1H3,(H,16,17);2*1H. The number of nitrogens with zero attached hydrogens (tertiary/aromatic N) is 1. The van der Waals surface area contributed by atoms with Crippen molar-refractivity contribution in [2.24, 2.45) is 5.92 Å². The Kier molecular flexibility index (Phi) is 7.39. The first-order valence-corrected chi connectivity index (χ1v) is 5.73. The summed E-state index contributed by atoms with van der Waals surface area (Å²) >= 11 is 0. The minimum atomic E-state index is -0.902. The number of carbonyl (C=O) groups is 2. The lowest BCUT2D eigenvalue weighted by atomic mass is 10.1. The predicted molar refractivity (Wildman–Crippen MR) is 78.6 cm³/mol. The molecule has 0 aliphatic carbocycles. The van der Waals surface area contributed by atoms with E-state index in [0.29, 0.717) is 13.1 Å². The lowest BCUT2D eigenvalue weighted by molar-refractivity contribution is -0.141. The fraction of sp³-hybridized carbons (Fsp3) is 0.385. The van der Waals surface area contributed by atoms with E-state index >= 15 is 0 Å². The zero-order valence-corrected chi connectivity index (χ0v) is 12.6. The molecule has 7 heteroatoms. The Morgan fingerprint density at radius 2 is 1.95 bits per heavy atom. The van der Waals surface area contributed by atoms with Crippen LogP contribution in [-0.4, -0.2) is 35.5 Å². The van der Waals surface area contributed by atoms with Crippen LogP contribution in [0.4, 0.5) is 0 Å². The Bertz CT molecular complexity index is 464. The van der Waals surface area contributed by atoms with Crippen molar-refractivity contribution in [3.63, 3.8) is 0 Å². The first-order valence-electron chi connectivity index (χ1n) is 5.73. The molecule has 1 amide bonds. The maximum absolute atomic E-state index is 11.7. The summed E-state index contributed by atoms with van der Waals surface area (Å²) in [6.07, 6.45) is 0.103. The molecule has 1 aliphatic rings. The second-order valence-electron chi connectivity index (χ2n) is 4.36. The van der Waals surface area contributed by atoms with E-state index in [1.54, 1.807) is 12.0 Å². The second-order valence-corrected chi connectivity index (χ2v) is 4.36. The number of amides is 1. The Hall–Kier alpha value is -1.46. The van der Waals surface area contributed by atoms with Crippen LogP contribution >= 0.6 is 24.8 Å². The van der Waals surface area contributed by atoms with Crippen molar-refractivity contribution in [3.8, 4) is 5.75 Å². The number of carboxylic acids is 1. The average Bonchev–Trinajstić information content (AvgIpc) is 2.72. The van der Waals surface area contributed by atoms with Crippen molar-refractivity contribution >= 4 is 36.7 Å². The second kappa shape index (κ2) is 7.97. The molecule has 1 aliphatic heterocycles. The van der Waals surface area contributed by atoms with Gasteiger partial charge in [-0.2, -0.15) is 0 Å². The van der Waals surface area contributed by atoms with Gasteiger partial charge in [0.2, 0.25) is 5.91 Å². The van der Waals surface area contributed by atoms with Crippen LogP contribution in [-0.2, 0) is 16.1 Å². The van der Waals surface area contributed by atoms with Crippen molar-refractivity contribution in [1.29, 1.82) is 0 Å². The molecule has 1 heterocycles. The molecular formula is C13H17Cl2NO4. The number of methoxy groups -OCH3 is 1. The van der Waals surface area contributed by atoms with Gasteiger partial charge in [-0.25, -0.2) is 0 Å². The summed E-state index contributed by atoms with van der Waals surface area (Å²) in [4.78, 5) is 24.1. The van der Waals surface area contributed by atoms with Gasteiger partial charge in [-0.3, -0.25) is 9.59 Å². The van der Waals surface area contributed by atoms with Gasteiger partial charge in [0.25, 0.3) is 0 Å². The Balaban J connectivity index is 0.00000180. The summed E-state index contributed by atoms with van der Waals surface area (Å²) in [5.41, 5.74) is 0.968. The lowest BCUT2D eigenvalue weighted by Crippen LogP contribution is -2.25. The Labute approximate surface area is 129 Å². The normalized spacial score (nSPS) is 17.1. The van der Waals surface area contributed by atoms with Gasteiger partial charge in [-0.15, -0.1) is 24.8 Å². The number of carboxylic acid groups (broad SMARTS) is 1. The van der Waals surface area contributed by atoms with Crippen LogP contribution in [0.3, 0.4) is 0 Å². The summed E-state index contributed by atoms with van der Waals surface area (Å²) in [6.45, 7) is 0.743. The Morgan fingerprint density at radius 1 is 1.35 bits per heavy atom. The molecule has 0 bridgehead atoms. The van der Waals surface area contributed by atoms with Crippen LogP contribution in [0.1, 0.15) is 12.0 Å². The number of rotatable bonds is 4. The number of likely N-dealkylation sites (tertiary alicyclic amines) is 1. The number of hydrogen-bond donors (Lipinski definition) is 1. The minimum absolute atomic E-state index is 0. The van der Waals surface area contributed by atoms with Crippen molar-refractivity contribution in [1.82, 2.24) is 4.90 Å². The molecule has 112 valence electrons. The van der Waals surface area contributed by atoms with E-state index in [-0.39, 0.29) is 37.1 Å². The third kappa shape index (κ3) is 4.28. The lowest BCUT2D eigenvalue weighted by Gasteiger charge is -2.16. The molecule has 0 aromatic heterocycles. The zero-order valence-electron chi connectivity index (χ0n) is 10.9. The molecule has 0 spiro atoms. The highest BCUT2D eigenvalue weighted by molar-refractivity contribution is 5.86. The van der Waals surface area contributed by atoms with Crippen LogP contribution in [0.25, 0.3) is 0 Å². The van der Waals surface area contributed by atoms with Gasteiger partial charge < -0.3 is 14.7 Å². The van der Waals surface area contributed by atoms with Crippen molar-refractivity contribution < 1.29 is 19.4 Å². The minimum Gasteiger partial charge on any atom is -0.497 e. The summed E-state index contributed by atoms with van der Waals surface area (Å²) in [6, 6.07) is 7.40. The topological polar surface area (TPSA) is 66.8 Å². The van der Waals surface area contributed by atoms with E-state index in [0.717, 1.165) is 11.3 Å². The molecule has 1 aromatic carbocycles. The molecule has 1 N–H and O–H groups in total. The molecule has 0 radical (unpaired) electrons. The Morgan fingerprint density at radius 3 is 2.40 bits per heavy atom. The van der Waals surface area contributed by atoms with E-state index in [9.17, 15) is 9.59 Å². The van der Waals surface area contributed by atoms with E-state index in [2.05, 4.69) is 0 Å². The van der Waals surface area contributed by atoms with E-state index < -0.39 is 11.9 Å². The van der Waals surface area contributed by atoms with Crippen LogP contribution in [0.15, 0.2) is 24.3 Å². The molecule has 1 atom stereocenters. The first kappa shape index (κ1) is 18.5. The predicted octanol–water partition coefficient (Wildman–Crippen LogP) is 1.97. The van der Waals surface area contributed by atoms with Gasteiger partial charge in [0.15, 0.2) is 0 Å². The zero-order chi connectivity index (χ0) is 13.1. The first-order chi connectivity index (χ1) is 8.60. The summed E-state index contributed by atoms with van der Waals surface area (Å²) in [5.74, 6) is -0.815. The largest absolute Gasteiger partial charge is 0.497 e. The maximum Gasteiger partial charge on any atom is 0.308 e. The summed E-state index contributed by atoms with van der Waals surface area (Å²) in [7, 11) is 1.59. The number of hydrogen-bond acceptors (Lipinski definition) is 3. The van der Waals surface area contributed by atoms with E-state index in [4.69, 9.17) is 9.84 Å². The highest BCUT2D eigenvalue weighted by Gasteiger charge is 2.33. The molecule has 2 rings (SSSR count). The highest BCUT2D eigenvalue weighted by Crippen LogP contribution is 2.21. The number of aliphatic carboxylic acids is 1. The molecule has 1 aromatic rings. The van der Waals surface area contributed by atoms with Crippen molar-refractivity contribution in [2.75, 3.05) is 13.7 Å². The van der Waals surface area contributed by atoms with Gasteiger partial charge in [0.05, 0.1) is 13.0 Å². The fourth-order valence-corrected chi connectivity index (χ4v) is 2.04. The third-order valence-electron chi connectivity index (χ3n) is 3.10. The quantitative estimate of drug-likeness (QED) is 0.920. The van der Waals surface area contributed by atoms with E-state index in [1.807, 2.05) is 24.3 Å². The van der Waals surface area contributed by atoms with Crippen LogP contribution in [0.5, 0.6) is 5.75 Å². The molecule has 0 saturated carbocycles. The van der Waals surface area contributed by atoms with Gasteiger partial charge in [0.1, 0.15) is 5.75 Å². The SMILES string of the molecule is COc1ccc(CN2CC(C(=O)O)CC2=O)cc1.Cl.Cl. The van der Waals surface area contributed by atoms with Crippen molar-refractivity contribution in [3.05, 3.63) is 29.8 Å². The number of benzene rings is 1. The number of carbonyl (C=O) groups excluding carboxylic acids is 1. The van der Waals surface area contributed by atoms with Crippen molar-refractivity contribution in [2.45, 2.75) is 13.0 Å². The monoisotopic (exact) mass is 321 g/mol. The number of halogens is 2. The third-order valence-corrected chi connectivity index (χ3v) is 3.10. The highest BCUT2D eigenvalue weighted by atomic mass is 35.5. The fourth-order valence-electron chi connectivity index (χ4n) is 2.04. The van der Waals surface area contributed by atoms with Crippen LogP contribution in [0.2, 0.25) is 0 Å². The van der Waals surface area contributed by atoms with E-state index in [1.165, 1.54) is 0 Å². The molecule has 20 heavy (non-hydrogen) atoms. The number of ether oxygens (including phenoxy) is 1. The maximum atomic E-state index is 11.7. The molecule has 5 nitrogen and oxygen atoms in total. The summed E-state index contributed by atoms with van der Waals surface area (Å²) in [5, 5.41) is 8.89. The van der Waals surface area contributed by atoms with Gasteiger partial charge >= 0.3 is 5.97 Å². The smallest absolute Gasteiger partial charge is 0.308 e.